The number of nitrogens with zero attached hydrogens (tertiary/aromatic N) is 2. The molecule has 3 aromatic carbocycles. The van der Waals surface area contributed by atoms with Crippen LogP contribution in [0.1, 0.15) is 42.5 Å². The van der Waals surface area contributed by atoms with Crippen LogP contribution in [-0.2, 0) is 9.53 Å². The number of carbonyl (C=O) groups excluding carboxylic acids is 2. The Morgan fingerprint density at radius 1 is 1.06 bits per heavy atom. The van der Waals surface area contributed by atoms with Crippen molar-refractivity contribution in [2.75, 3.05) is 7.11 Å². The quantitative estimate of drug-likeness (QED) is 0.220. The second-order valence-corrected chi connectivity index (χ2v) is 9.43. The maximum absolute atomic E-state index is 13.6. The zero-order valence-electron chi connectivity index (χ0n) is 19.3. The molecule has 5 nitrogen and oxygen atoms in total. The molecule has 1 saturated carbocycles. The van der Waals surface area contributed by atoms with Gasteiger partial charge in [0.05, 0.1) is 28.8 Å². The number of methoxy groups -OCH3 is 1. The summed E-state index contributed by atoms with van der Waals surface area (Å²) in [6.45, 7) is 0. The van der Waals surface area contributed by atoms with Crippen LogP contribution in [0, 0.1) is 11.2 Å². The predicted molar refractivity (Wildman–Crippen MR) is 133 cm³/mol. The van der Waals surface area contributed by atoms with Gasteiger partial charge in [0, 0.05) is 22.9 Å². The van der Waals surface area contributed by atoms with Crippen molar-refractivity contribution in [3.63, 3.8) is 0 Å². The van der Waals surface area contributed by atoms with E-state index in [4.69, 9.17) is 21.4 Å². The molecule has 0 N–H and O–H groups in total. The minimum atomic E-state index is -0.763. The van der Waals surface area contributed by atoms with Gasteiger partial charge in [0.15, 0.2) is 5.78 Å². The summed E-state index contributed by atoms with van der Waals surface area (Å²) >= 11 is 6.47. The van der Waals surface area contributed by atoms with Gasteiger partial charge in [0.1, 0.15) is 11.5 Å². The van der Waals surface area contributed by atoms with E-state index < -0.39 is 5.41 Å². The summed E-state index contributed by atoms with van der Waals surface area (Å²) in [4.78, 5) is 25.9. The molecular weight excluding hydrogens is 467 g/mol. The van der Waals surface area contributed by atoms with Crippen LogP contribution in [0.2, 0.25) is 5.02 Å². The summed E-state index contributed by atoms with van der Waals surface area (Å²) in [7, 11) is 1.37. The van der Waals surface area contributed by atoms with Crippen molar-refractivity contribution in [3.05, 3.63) is 83.1 Å². The van der Waals surface area contributed by atoms with E-state index in [1.54, 1.807) is 35.0 Å². The first-order valence-electron chi connectivity index (χ1n) is 11.6. The Morgan fingerprint density at radius 2 is 1.77 bits per heavy atom. The molecule has 1 fully saturated rings. The van der Waals surface area contributed by atoms with Gasteiger partial charge in [0.2, 0.25) is 0 Å². The Bertz CT molecular complexity index is 1420. The summed E-state index contributed by atoms with van der Waals surface area (Å²) in [5.74, 6) is -0.788. The third-order valence-electron chi connectivity index (χ3n) is 6.88. The van der Waals surface area contributed by atoms with Gasteiger partial charge in [0.25, 0.3) is 0 Å². The number of carbonyl (C=O) groups is 2. The number of esters is 1. The fourth-order valence-corrected chi connectivity index (χ4v) is 5.28. The van der Waals surface area contributed by atoms with Crippen LogP contribution in [0.3, 0.4) is 0 Å². The standard InChI is InChI=1S/C28H24ClFN2O3/c1-35-27(34)28(14-4-5-15-28)17-25(33)18-8-13-22-24(16-18)32(20-11-9-19(30)10-12-20)31-26(22)21-6-2-3-7-23(21)29/h2-3,6-13,16H,4-5,14-15,17H2,1H3. The van der Waals surface area contributed by atoms with E-state index >= 15 is 0 Å². The second-order valence-electron chi connectivity index (χ2n) is 9.03. The number of Topliss-reactive ketones (excluding diaryl/α,β-unsaturated/α-hetero) is 1. The molecule has 5 rings (SSSR count). The molecule has 0 saturated heterocycles. The molecule has 0 bridgehead atoms. The highest BCUT2D eigenvalue weighted by Crippen LogP contribution is 2.43. The van der Waals surface area contributed by atoms with Crippen LogP contribution >= 0.6 is 11.6 Å². The van der Waals surface area contributed by atoms with Crippen molar-refractivity contribution in [1.29, 1.82) is 0 Å². The maximum atomic E-state index is 13.6. The normalized spacial score (nSPS) is 14.8. The highest BCUT2D eigenvalue weighted by atomic mass is 35.5. The van der Waals surface area contributed by atoms with E-state index in [0.29, 0.717) is 40.3 Å². The second kappa shape index (κ2) is 9.27. The molecule has 35 heavy (non-hydrogen) atoms. The number of benzene rings is 3. The summed E-state index contributed by atoms with van der Waals surface area (Å²) < 4.78 is 20.3. The van der Waals surface area contributed by atoms with E-state index in [9.17, 15) is 14.0 Å². The molecule has 4 aromatic rings. The summed E-state index contributed by atoms with van der Waals surface area (Å²) in [5, 5.41) is 6.17. The Hall–Kier alpha value is -3.51. The zero-order chi connectivity index (χ0) is 24.6. The van der Waals surface area contributed by atoms with Crippen LogP contribution in [0.25, 0.3) is 27.8 Å². The van der Waals surface area contributed by atoms with Gasteiger partial charge in [-0.15, -0.1) is 0 Å². The smallest absolute Gasteiger partial charge is 0.312 e. The van der Waals surface area contributed by atoms with Crippen LogP contribution in [0.15, 0.2) is 66.7 Å². The van der Waals surface area contributed by atoms with Crippen molar-refractivity contribution in [2.24, 2.45) is 5.41 Å². The zero-order valence-corrected chi connectivity index (χ0v) is 20.0. The molecule has 0 radical (unpaired) electrons. The Kier molecular flexibility index (Phi) is 6.15. The highest BCUT2D eigenvalue weighted by molar-refractivity contribution is 6.33. The number of aromatic nitrogens is 2. The minimum Gasteiger partial charge on any atom is -0.469 e. The number of fused-ring (bicyclic) bond motifs is 1. The largest absolute Gasteiger partial charge is 0.469 e. The number of ketones is 1. The minimum absolute atomic E-state index is 0.104. The molecule has 178 valence electrons. The monoisotopic (exact) mass is 490 g/mol. The number of ether oxygens (including phenoxy) is 1. The molecule has 1 aliphatic rings. The summed E-state index contributed by atoms with van der Waals surface area (Å²) in [5.41, 5.74) is 2.49. The van der Waals surface area contributed by atoms with E-state index in [1.807, 2.05) is 24.3 Å². The Balaban J connectivity index is 1.62. The van der Waals surface area contributed by atoms with E-state index in [-0.39, 0.29) is 24.0 Å². The van der Waals surface area contributed by atoms with Crippen LogP contribution in [0.4, 0.5) is 4.39 Å². The lowest BCUT2D eigenvalue weighted by Gasteiger charge is -2.24. The van der Waals surface area contributed by atoms with Gasteiger partial charge >= 0.3 is 5.97 Å². The van der Waals surface area contributed by atoms with E-state index in [2.05, 4.69) is 0 Å². The molecule has 0 spiro atoms. The molecule has 0 aliphatic heterocycles. The number of rotatable bonds is 6. The van der Waals surface area contributed by atoms with Gasteiger partial charge in [-0.3, -0.25) is 9.59 Å². The summed E-state index contributed by atoms with van der Waals surface area (Å²) in [6, 6.07) is 18.8. The third kappa shape index (κ3) is 4.23. The van der Waals surface area contributed by atoms with Gasteiger partial charge in [-0.2, -0.15) is 5.10 Å². The SMILES string of the molecule is COC(=O)C1(CC(=O)c2ccc3c(-c4ccccc4Cl)nn(-c4ccc(F)cc4)c3c2)CCCC1. The van der Waals surface area contributed by atoms with Crippen LogP contribution < -0.4 is 0 Å². The van der Waals surface area contributed by atoms with Crippen molar-refractivity contribution >= 4 is 34.3 Å². The highest BCUT2D eigenvalue weighted by Gasteiger charge is 2.44. The predicted octanol–water partition coefficient (Wildman–Crippen LogP) is 6.79. The topological polar surface area (TPSA) is 61.2 Å². The molecule has 1 heterocycles. The summed E-state index contributed by atoms with van der Waals surface area (Å²) in [6.07, 6.45) is 3.21. The number of halogens is 2. The lowest BCUT2D eigenvalue weighted by atomic mass is 9.80. The molecule has 7 heteroatoms. The number of hydrogen-bond donors (Lipinski definition) is 0. The molecule has 0 unspecified atom stereocenters. The first kappa shape index (κ1) is 23.2. The molecule has 1 aliphatic carbocycles. The lowest BCUT2D eigenvalue weighted by Crippen LogP contribution is -2.32. The Morgan fingerprint density at radius 3 is 2.46 bits per heavy atom. The van der Waals surface area contributed by atoms with Gasteiger partial charge in [-0.25, -0.2) is 9.07 Å². The molecule has 0 amide bonds. The van der Waals surface area contributed by atoms with Crippen molar-refractivity contribution in [2.45, 2.75) is 32.1 Å². The van der Waals surface area contributed by atoms with Crippen molar-refractivity contribution in [3.8, 4) is 16.9 Å². The van der Waals surface area contributed by atoms with Gasteiger partial charge < -0.3 is 4.74 Å². The van der Waals surface area contributed by atoms with Crippen LogP contribution in [0.5, 0.6) is 0 Å². The third-order valence-corrected chi connectivity index (χ3v) is 7.21. The average Bonchev–Trinajstić information content (AvgIpc) is 3.50. The molecular formula is C28H24ClFN2O3. The first-order chi connectivity index (χ1) is 16.9. The molecule has 1 aromatic heterocycles. The average molecular weight is 491 g/mol. The van der Waals surface area contributed by atoms with E-state index in [1.165, 1.54) is 19.2 Å². The Labute approximate surface area is 207 Å². The fraction of sp³-hybridized carbons (Fsp3) is 0.250. The van der Waals surface area contributed by atoms with Gasteiger partial charge in [-0.1, -0.05) is 48.7 Å². The van der Waals surface area contributed by atoms with Crippen molar-refractivity contribution < 1.29 is 18.7 Å². The maximum Gasteiger partial charge on any atom is 0.312 e. The van der Waals surface area contributed by atoms with E-state index in [0.717, 1.165) is 23.8 Å². The van der Waals surface area contributed by atoms with Crippen molar-refractivity contribution in [1.82, 2.24) is 9.78 Å². The fourth-order valence-electron chi connectivity index (χ4n) is 5.05. The number of hydrogen-bond acceptors (Lipinski definition) is 4. The lowest BCUT2D eigenvalue weighted by molar-refractivity contribution is -0.152. The first-order valence-corrected chi connectivity index (χ1v) is 11.9. The van der Waals surface area contributed by atoms with Gasteiger partial charge in [-0.05, 0) is 55.3 Å². The van der Waals surface area contributed by atoms with Crippen LogP contribution in [-0.4, -0.2) is 28.6 Å². The molecule has 0 atom stereocenters.